The first kappa shape index (κ1) is 17.0. The molecule has 0 bridgehead atoms. The first-order valence-corrected chi connectivity index (χ1v) is 7.86. The van der Waals surface area contributed by atoms with Crippen molar-refractivity contribution in [3.05, 3.63) is 29.8 Å². The van der Waals surface area contributed by atoms with Crippen molar-refractivity contribution in [2.45, 2.75) is 58.6 Å². The van der Waals surface area contributed by atoms with E-state index in [1.807, 2.05) is 12.1 Å². The molecule has 0 aliphatic carbocycles. The molecule has 1 rings (SSSR count). The number of nitrogens with one attached hydrogen (secondary N) is 1. The Hall–Kier alpha value is -1.06. The number of hydrogen-bond acceptors (Lipinski definition) is 3. The van der Waals surface area contributed by atoms with E-state index in [0.717, 1.165) is 38.2 Å². The van der Waals surface area contributed by atoms with Crippen LogP contribution in [0.4, 0.5) is 0 Å². The van der Waals surface area contributed by atoms with Gasteiger partial charge in [0.1, 0.15) is 5.75 Å². The molecule has 0 aliphatic rings. The maximum atomic E-state index is 9.63. The summed E-state index contributed by atoms with van der Waals surface area (Å²) < 4.78 is 5.68. The van der Waals surface area contributed by atoms with Crippen LogP contribution in [0.2, 0.25) is 0 Å². The van der Waals surface area contributed by atoms with Crippen molar-refractivity contribution < 1.29 is 9.84 Å². The van der Waals surface area contributed by atoms with E-state index in [1.165, 1.54) is 18.4 Å². The summed E-state index contributed by atoms with van der Waals surface area (Å²) in [6.45, 7) is 6.52. The van der Waals surface area contributed by atoms with E-state index in [2.05, 4.69) is 31.3 Å². The molecule has 3 nitrogen and oxygen atoms in total. The molecule has 0 heterocycles. The Morgan fingerprint density at radius 3 is 2.50 bits per heavy atom. The van der Waals surface area contributed by atoms with E-state index < -0.39 is 0 Å². The second-order valence-corrected chi connectivity index (χ2v) is 5.27. The van der Waals surface area contributed by atoms with Crippen LogP contribution in [-0.4, -0.2) is 24.4 Å². The predicted octanol–water partition coefficient (Wildman–Crippen LogP) is 3.51. The van der Waals surface area contributed by atoms with Crippen LogP contribution in [0.5, 0.6) is 5.75 Å². The molecular weight excluding hydrogens is 250 g/mol. The number of aliphatic hydroxyl groups is 1. The Bertz CT molecular complexity index is 337. The van der Waals surface area contributed by atoms with E-state index in [1.54, 1.807) is 0 Å². The lowest BCUT2D eigenvalue weighted by atomic mass is 10.2. The maximum absolute atomic E-state index is 9.63. The van der Waals surface area contributed by atoms with Crippen LogP contribution in [0.1, 0.15) is 51.5 Å². The molecule has 0 spiro atoms. The van der Waals surface area contributed by atoms with Gasteiger partial charge in [0.2, 0.25) is 0 Å². The van der Waals surface area contributed by atoms with Crippen molar-refractivity contribution in [1.82, 2.24) is 5.32 Å². The summed E-state index contributed by atoms with van der Waals surface area (Å²) in [5.74, 6) is 0.941. The fourth-order valence-corrected chi connectivity index (χ4v) is 2.06. The first-order valence-electron chi connectivity index (χ1n) is 7.86. The lowest BCUT2D eigenvalue weighted by molar-refractivity contribution is 0.160. The van der Waals surface area contributed by atoms with Gasteiger partial charge in [0.15, 0.2) is 0 Å². The van der Waals surface area contributed by atoms with Crippen molar-refractivity contribution in [2.24, 2.45) is 0 Å². The third kappa shape index (κ3) is 7.51. The molecular formula is C17H29NO2. The number of aliphatic hydroxyl groups excluding tert-OH is 1. The van der Waals surface area contributed by atoms with Crippen LogP contribution in [0.3, 0.4) is 0 Å². The molecule has 0 fully saturated rings. The molecule has 0 aliphatic heterocycles. The number of benzene rings is 1. The van der Waals surface area contributed by atoms with Crippen molar-refractivity contribution in [3.8, 4) is 5.75 Å². The summed E-state index contributed by atoms with van der Waals surface area (Å²) >= 11 is 0. The smallest absolute Gasteiger partial charge is 0.119 e. The van der Waals surface area contributed by atoms with Gasteiger partial charge in [-0.3, -0.25) is 0 Å². The quantitative estimate of drug-likeness (QED) is 0.609. The van der Waals surface area contributed by atoms with E-state index in [9.17, 15) is 5.11 Å². The summed E-state index contributed by atoms with van der Waals surface area (Å²) in [5.41, 5.74) is 1.22. The molecule has 20 heavy (non-hydrogen) atoms. The van der Waals surface area contributed by atoms with E-state index in [0.29, 0.717) is 6.54 Å². The first-order chi connectivity index (χ1) is 9.76. The lowest BCUT2D eigenvalue weighted by Crippen LogP contribution is -2.26. The topological polar surface area (TPSA) is 41.5 Å². The minimum absolute atomic E-state index is 0.235. The van der Waals surface area contributed by atoms with Crippen LogP contribution in [0.15, 0.2) is 24.3 Å². The zero-order valence-corrected chi connectivity index (χ0v) is 12.9. The summed E-state index contributed by atoms with van der Waals surface area (Å²) in [5, 5.41) is 12.9. The minimum Gasteiger partial charge on any atom is -0.494 e. The van der Waals surface area contributed by atoms with Gasteiger partial charge in [-0.25, -0.2) is 0 Å². The van der Waals surface area contributed by atoms with E-state index in [-0.39, 0.29) is 6.10 Å². The van der Waals surface area contributed by atoms with Crippen LogP contribution < -0.4 is 10.1 Å². The van der Waals surface area contributed by atoms with Crippen LogP contribution in [0, 0.1) is 0 Å². The number of hydrogen-bond donors (Lipinski definition) is 2. The average Bonchev–Trinajstić information content (AvgIpc) is 2.45. The number of rotatable bonds is 11. The summed E-state index contributed by atoms with van der Waals surface area (Å²) in [7, 11) is 0. The summed E-state index contributed by atoms with van der Waals surface area (Å²) in [4.78, 5) is 0. The third-order valence-electron chi connectivity index (χ3n) is 3.27. The molecule has 0 radical (unpaired) electrons. The highest BCUT2D eigenvalue weighted by atomic mass is 16.5. The lowest BCUT2D eigenvalue weighted by Gasteiger charge is -2.11. The highest BCUT2D eigenvalue weighted by Crippen LogP contribution is 2.12. The van der Waals surface area contributed by atoms with Gasteiger partial charge in [-0.1, -0.05) is 45.2 Å². The van der Waals surface area contributed by atoms with Gasteiger partial charge in [0.05, 0.1) is 12.7 Å². The molecule has 114 valence electrons. The van der Waals surface area contributed by atoms with Crippen molar-refractivity contribution >= 4 is 0 Å². The molecule has 2 N–H and O–H groups in total. The van der Waals surface area contributed by atoms with Gasteiger partial charge in [-0.05, 0) is 30.5 Å². The van der Waals surface area contributed by atoms with Crippen molar-refractivity contribution in [1.29, 1.82) is 0 Å². The zero-order chi connectivity index (χ0) is 14.6. The summed E-state index contributed by atoms with van der Waals surface area (Å²) in [6, 6.07) is 8.19. The molecule has 1 aromatic carbocycles. The van der Waals surface area contributed by atoms with Gasteiger partial charge in [-0.15, -0.1) is 0 Å². The normalized spacial score (nSPS) is 12.3. The SMILES string of the molecule is CCCCCOc1ccc(CNCC(O)CCC)cc1. The Kier molecular flexibility index (Phi) is 9.09. The van der Waals surface area contributed by atoms with E-state index in [4.69, 9.17) is 4.74 Å². The Morgan fingerprint density at radius 1 is 1.10 bits per heavy atom. The molecule has 3 heteroatoms. The zero-order valence-electron chi connectivity index (χ0n) is 12.9. The average molecular weight is 279 g/mol. The highest BCUT2D eigenvalue weighted by molar-refractivity contribution is 5.27. The summed E-state index contributed by atoms with van der Waals surface area (Å²) in [6.07, 6.45) is 5.21. The maximum Gasteiger partial charge on any atom is 0.119 e. The second kappa shape index (κ2) is 10.7. The van der Waals surface area contributed by atoms with Crippen LogP contribution >= 0.6 is 0 Å². The standard InChI is InChI=1S/C17H29NO2/c1-3-5-6-12-20-17-10-8-15(9-11-17)13-18-14-16(19)7-4-2/h8-11,16,18-19H,3-7,12-14H2,1-2H3. The fourth-order valence-electron chi connectivity index (χ4n) is 2.06. The molecule has 1 aromatic rings. The molecule has 1 unspecified atom stereocenters. The molecule has 0 saturated heterocycles. The van der Waals surface area contributed by atoms with Gasteiger partial charge < -0.3 is 15.2 Å². The monoisotopic (exact) mass is 279 g/mol. The fraction of sp³-hybridized carbons (Fsp3) is 0.647. The van der Waals surface area contributed by atoms with Gasteiger partial charge >= 0.3 is 0 Å². The largest absolute Gasteiger partial charge is 0.494 e. The number of unbranched alkanes of at least 4 members (excludes halogenated alkanes) is 2. The van der Waals surface area contributed by atoms with Crippen molar-refractivity contribution in [3.63, 3.8) is 0 Å². The van der Waals surface area contributed by atoms with Crippen LogP contribution in [-0.2, 0) is 6.54 Å². The molecule has 1 atom stereocenters. The Labute approximate surface area is 123 Å². The molecule has 0 amide bonds. The van der Waals surface area contributed by atoms with Gasteiger partial charge in [0, 0.05) is 13.1 Å². The molecule has 0 saturated carbocycles. The van der Waals surface area contributed by atoms with Crippen LogP contribution in [0.25, 0.3) is 0 Å². The van der Waals surface area contributed by atoms with Crippen molar-refractivity contribution in [2.75, 3.05) is 13.2 Å². The highest BCUT2D eigenvalue weighted by Gasteiger charge is 2.01. The van der Waals surface area contributed by atoms with E-state index >= 15 is 0 Å². The minimum atomic E-state index is -0.235. The predicted molar refractivity (Wildman–Crippen MR) is 84.1 cm³/mol. The molecule has 0 aromatic heterocycles. The Morgan fingerprint density at radius 2 is 1.85 bits per heavy atom. The third-order valence-corrected chi connectivity index (χ3v) is 3.27. The van der Waals surface area contributed by atoms with Gasteiger partial charge in [0.25, 0.3) is 0 Å². The van der Waals surface area contributed by atoms with Gasteiger partial charge in [-0.2, -0.15) is 0 Å². The Balaban J connectivity index is 2.21. The second-order valence-electron chi connectivity index (χ2n) is 5.27. The number of ether oxygens (including phenoxy) is 1.